The molecular weight excluding hydrogens is 300 g/mol. The Labute approximate surface area is 150 Å². The first-order chi connectivity index (χ1) is 11.7. The van der Waals surface area contributed by atoms with Crippen molar-refractivity contribution in [3.05, 3.63) is 0 Å². The van der Waals surface area contributed by atoms with Crippen LogP contribution in [0.2, 0.25) is 0 Å². The second-order valence-corrected chi connectivity index (χ2v) is 7.10. The van der Waals surface area contributed by atoms with Crippen LogP contribution >= 0.6 is 0 Å². The largest absolute Gasteiger partial charge is 0.481 e. The van der Waals surface area contributed by atoms with Crippen molar-refractivity contribution in [2.45, 2.75) is 123 Å². The number of carboxylic acid groups (broad SMARTS) is 1. The molecule has 0 aliphatic rings. The molecule has 0 amide bonds. The van der Waals surface area contributed by atoms with Gasteiger partial charge >= 0.3 is 5.97 Å². The van der Waals surface area contributed by atoms with Crippen molar-refractivity contribution in [1.29, 1.82) is 0 Å². The maximum atomic E-state index is 10.5. The van der Waals surface area contributed by atoms with Crippen molar-refractivity contribution in [1.82, 2.24) is 0 Å². The number of ether oxygens (including phenoxy) is 1. The van der Waals surface area contributed by atoms with Crippen molar-refractivity contribution in [3.63, 3.8) is 0 Å². The Hall–Kier alpha value is -0.570. The second-order valence-electron chi connectivity index (χ2n) is 7.10. The molecule has 3 heteroatoms. The van der Waals surface area contributed by atoms with E-state index in [1.807, 2.05) is 0 Å². The molecule has 1 atom stereocenters. The molecular formula is C21H42O3. The van der Waals surface area contributed by atoms with Crippen LogP contribution in [0.25, 0.3) is 0 Å². The summed E-state index contributed by atoms with van der Waals surface area (Å²) in [7, 11) is 0. The van der Waals surface area contributed by atoms with E-state index >= 15 is 0 Å². The monoisotopic (exact) mass is 342 g/mol. The van der Waals surface area contributed by atoms with Crippen molar-refractivity contribution in [2.75, 3.05) is 6.61 Å². The lowest BCUT2D eigenvalue weighted by atomic mass is 10.0. The zero-order valence-corrected chi connectivity index (χ0v) is 16.4. The molecule has 0 heterocycles. The Morgan fingerprint density at radius 3 is 1.75 bits per heavy atom. The summed E-state index contributed by atoms with van der Waals surface area (Å²) in [5, 5.41) is 8.62. The highest BCUT2D eigenvalue weighted by Crippen LogP contribution is 2.17. The summed E-state index contributed by atoms with van der Waals surface area (Å²) in [6.45, 7) is 5.33. The average Bonchev–Trinajstić information content (AvgIpc) is 2.56. The minimum Gasteiger partial charge on any atom is -0.481 e. The van der Waals surface area contributed by atoms with Gasteiger partial charge in [-0.25, -0.2) is 0 Å². The highest BCUT2D eigenvalue weighted by atomic mass is 16.5. The molecule has 0 aliphatic heterocycles. The smallest absolute Gasteiger partial charge is 0.303 e. The molecule has 0 saturated carbocycles. The van der Waals surface area contributed by atoms with Gasteiger partial charge in [-0.15, -0.1) is 0 Å². The zero-order valence-electron chi connectivity index (χ0n) is 16.4. The fourth-order valence-corrected chi connectivity index (χ4v) is 3.10. The lowest BCUT2D eigenvalue weighted by Gasteiger charge is -2.17. The van der Waals surface area contributed by atoms with E-state index in [1.54, 1.807) is 0 Å². The third kappa shape index (κ3) is 17.8. The SMILES string of the molecule is CCCCCCCCCC(CCCCCCCC(=O)O)OCCC. The topological polar surface area (TPSA) is 46.5 Å². The van der Waals surface area contributed by atoms with Crippen molar-refractivity contribution < 1.29 is 14.6 Å². The molecule has 1 unspecified atom stereocenters. The first-order valence-electron chi connectivity index (χ1n) is 10.5. The first-order valence-corrected chi connectivity index (χ1v) is 10.5. The molecule has 0 aromatic rings. The number of hydrogen-bond donors (Lipinski definition) is 1. The van der Waals surface area contributed by atoms with Gasteiger partial charge in [0.25, 0.3) is 0 Å². The fourth-order valence-electron chi connectivity index (χ4n) is 3.10. The summed E-state index contributed by atoms with van der Waals surface area (Å²) in [6.07, 6.45) is 19.2. The van der Waals surface area contributed by atoms with Gasteiger partial charge in [0.1, 0.15) is 0 Å². The van der Waals surface area contributed by atoms with Crippen molar-refractivity contribution >= 4 is 5.97 Å². The summed E-state index contributed by atoms with van der Waals surface area (Å²) in [5.41, 5.74) is 0. The Kier molecular flexibility index (Phi) is 18.3. The van der Waals surface area contributed by atoms with Crippen LogP contribution in [0.1, 0.15) is 117 Å². The third-order valence-corrected chi connectivity index (χ3v) is 4.60. The van der Waals surface area contributed by atoms with Crippen molar-refractivity contribution in [3.8, 4) is 0 Å². The molecule has 0 rings (SSSR count). The lowest BCUT2D eigenvalue weighted by Crippen LogP contribution is -2.13. The van der Waals surface area contributed by atoms with E-state index < -0.39 is 5.97 Å². The van der Waals surface area contributed by atoms with E-state index in [1.165, 1.54) is 70.6 Å². The Morgan fingerprint density at radius 2 is 1.25 bits per heavy atom. The Morgan fingerprint density at radius 1 is 0.750 bits per heavy atom. The number of carboxylic acids is 1. The molecule has 0 bridgehead atoms. The van der Waals surface area contributed by atoms with E-state index in [0.29, 0.717) is 12.5 Å². The molecule has 0 radical (unpaired) electrons. The number of carbonyl (C=O) groups is 1. The molecule has 0 fully saturated rings. The van der Waals surface area contributed by atoms with E-state index in [4.69, 9.17) is 9.84 Å². The number of hydrogen-bond acceptors (Lipinski definition) is 2. The van der Waals surface area contributed by atoms with Crippen LogP contribution in [0, 0.1) is 0 Å². The van der Waals surface area contributed by atoms with Crippen LogP contribution in [0.15, 0.2) is 0 Å². The molecule has 24 heavy (non-hydrogen) atoms. The number of unbranched alkanes of at least 4 members (excludes halogenated alkanes) is 10. The van der Waals surface area contributed by atoms with Gasteiger partial charge in [-0.2, -0.15) is 0 Å². The lowest BCUT2D eigenvalue weighted by molar-refractivity contribution is -0.137. The van der Waals surface area contributed by atoms with Gasteiger partial charge in [0.15, 0.2) is 0 Å². The van der Waals surface area contributed by atoms with Gasteiger partial charge in [0, 0.05) is 13.0 Å². The predicted molar refractivity (Wildman–Crippen MR) is 103 cm³/mol. The molecule has 0 spiro atoms. The summed E-state index contributed by atoms with van der Waals surface area (Å²) in [4.78, 5) is 10.5. The van der Waals surface area contributed by atoms with Gasteiger partial charge in [-0.05, 0) is 25.7 Å². The van der Waals surface area contributed by atoms with Gasteiger partial charge in [-0.3, -0.25) is 4.79 Å². The summed E-state index contributed by atoms with van der Waals surface area (Å²) in [6, 6.07) is 0. The maximum absolute atomic E-state index is 10.5. The van der Waals surface area contributed by atoms with Gasteiger partial charge in [0.2, 0.25) is 0 Å². The van der Waals surface area contributed by atoms with Crippen LogP contribution in [-0.4, -0.2) is 23.8 Å². The average molecular weight is 343 g/mol. The maximum Gasteiger partial charge on any atom is 0.303 e. The zero-order chi connectivity index (χ0) is 17.9. The summed E-state index contributed by atoms with van der Waals surface area (Å²) >= 11 is 0. The fraction of sp³-hybridized carbons (Fsp3) is 0.952. The minimum absolute atomic E-state index is 0.320. The second kappa shape index (κ2) is 18.8. The minimum atomic E-state index is -0.669. The predicted octanol–water partition coefficient (Wildman–Crippen LogP) is 6.74. The number of rotatable bonds is 19. The Bertz CT molecular complexity index is 266. The highest BCUT2D eigenvalue weighted by molar-refractivity contribution is 5.66. The van der Waals surface area contributed by atoms with E-state index in [-0.39, 0.29) is 0 Å². The van der Waals surface area contributed by atoms with E-state index in [9.17, 15) is 4.79 Å². The molecule has 0 aromatic heterocycles. The van der Waals surface area contributed by atoms with Crippen LogP contribution in [-0.2, 0) is 9.53 Å². The van der Waals surface area contributed by atoms with Crippen LogP contribution < -0.4 is 0 Å². The van der Waals surface area contributed by atoms with Gasteiger partial charge < -0.3 is 9.84 Å². The van der Waals surface area contributed by atoms with E-state index in [0.717, 1.165) is 32.3 Å². The van der Waals surface area contributed by atoms with Crippen LogP contribution in [0.3, 0.4) is 0 Å². The first kappa shape index (κ1) is 23.4. The summed E-state index contributed by atoms with van der Waals surface area (Å²) < 4.78 is 6.02. The van der Waals surface area contributed by atoms with Gasteiger partial charge in [0.05, 0.1) is 6.10 Å². The quantitative estimate of drug-likeness (QED) is 0.264. The third-order valence-electron chi connectivity index (χ3n) is 4.60. The van der Waals surface area contributed by atoms with Crippen LogP contribution in [0.5, 0.6) is 0 Å². The molecule has 0 aromatic carbocycles. The molecule has 1 N–H and O–H groups in total. The van der Waals surface area contributed by atoms with Crippen molar-refractivity contribution in [2.24, 2.45) is 0 Å². The standard InChI is InChI=1S/C21H42O3/c1-3-5-6-7-8-10-13-16-20(24-19-4-2)17-14-11-9-12-15-18-21(22)23/h20H,3-19H2,1-2H3,(H,22,23). The highest BCUT2D eigenvalue weighted by Gasteiger charge is 2.08. The Balaban J connectivity index is 3.60. The van der Waals surface area contributed by atoms with Crippen LogP contribution in [0.4, 0.5) is 0 Å². The molecule has 144 valence electrons. The number of aliphatic carboxylic acids is 1. The van der Waals surface area contributed by atoms with Gasteiger partial charge in [-0.1, -0.05) is 84.5 Å². The molecule has 3 nitrogen and oxygen atoms in total. The molecule has 0 aliphatic carbocycles. The molecule has 0 saturated heterocycles. The summed E-state index contributed by atoms with van der Waals surface area (Å²) in [5.74, 6) is -0.669. The normalized spacial score (nSPS) is 12.4. The van der Waals surface area contributed by atoms with E-state index in [2.05, 4.69) is 13.8 Å².